The first-order valence-electron chi connectivity index (χ1n) is 8.39. The second kappa shape index (κ2) is 6.84. The molecular formula is C20H19N5O. The van der Waals surface area contributed by atoms with Gasteiger partial charge in [0, 0.05) is 12.2 Å². The van der Waals surface area contributed by atoms with Crippen LogP contribution in [0.5, 0.6) is 5.75 Å². The van der Waals surface area contributed by atoms with E-state index >= 15 is 0 Å². The van der Waals surface area contributed by atoms with Crippen LogP contribution in [0.15, 0.2) is 60.7 Å². The van der Waals surface area contributed by atoms with Gasteiger partial charge in [-0.3, -0.25) is 0 Å². The highest BCUT2D eigenvalue weighted by molar-refractivity contribution is 5.84. The molecule has 1 heterocycles. The van der Waals surface area contributed by atoms with Crippen LogP contribution in [0.25, 0.3) is 16.5 Å². The summed E-state index contributed by atoms with van der Waals surface area (Å²) in [5.41, 5.74) is 3.17. The molecule has 0 saturated carbocycles. The lowest BCUT2D eigenvalue weighted by atomic mass is 10.1. The Labute approximate surface area is 151 Å². The molecule has 1 N–H and O–H groups in total. The number of nitrogens with zero attached hydrogens (tertiary/aromatic N) is 4. The van der Waals surface area contributed by atoms with Crippen LogP contribution in [0.3, 0.4) is 0 Å². The van der Waals surface area contributed by atoms with Crippen molar-refractivity contribution >= 4 is 16.5 Å². The van der Waals surface area contributed by atoms with Crippen LogP contribution in [0.4, 0.5) is 5.69 Å². The number of benzene rings is 3. The van der Waals surface area contributed by atoms with E-state index < -0.39 is 0 Å². The van der Waals surface area contributed by atoms with Crippen LogP contribution in [-0.4, -0.2) is 27.3 Å². The molecule has 0 spiro atoms. The molecule has 130 valence electrons. The van der Waals surface area contributed by atoms with E-state index in [1.165, 1.54) is 16.3 Å². The number of methoxy groups -OCH3 is 1. The van der Waals surface area contributed by atoms with E-state index in [-0.39, 0.29) is 0 Å². The zero-order valence-electron chi connectivity index (χ0n) is 14.7. The molecule has 4 rings (SSSR count). The van der Waals surface area contributed by atoms with E-state index in [0.717, 1.165) is 29.5 Å². The maximum absolute atomic E-state index is 5.28. The summed E-state index contributed by atoms with van der Waals surface area (Å²) < 4.78 is 7.00. The van der Waals surface area contributed by atoms with Gasteiger partial charge in [0.05, 0.1) is 12.8 Å². The molecule has 0 radical (unpaired) electrons. The standard InChI is InChI=1S/C20H19N5O/c1-14-22-23-24-25(14)19-5-3-4-18(12-19)21-13-15-6-7-17-11-20(26-2)9-8-16(17)10-15/h3-12,21H,13H2,1-2H3. The zero-order chi connectivity index (χ0) is 17.9. The molecule has 0 aliphatic rings. The highest BCUT2D eigenvalue weighted by Crippen LogP contribution is 2.22. The smallest absolute Gasteiger partial charge is 0.153 e. The van der Waals surface area contributed by atoms with Crippen molar-refractivity contribution in [3.63, 3.8) is 0 Å². The van der Waals surface area contributed by atoms with Crippen LogP contribution >= 0.6 is 0 Å². The third kappa shape index (κ3) is 3.21. The monoisotopic (exact) mass is 345 g/mol. The van der Waals surface area contributed by atoms with Gasteiger partial charge in [-0.25, -0.2) is 0 Å². The lowest BCUT2D eigenvalue weighted by Crippen LogP contribution is -2.03. The number of hydrogen-bond acceptors (Lipinski definition) is 5. The molecule has 6 heteroatoms. The van der Waals surface area contributed by atoms with Gasteiger partial charge in [0.15, 0.2) is 5.82 Å². The Kier molecular flexibility index (Phi) is 4.23. The minimum Gasteiger partial charge on any atom is -0.497 e. The summed E-state index contributed by atoms with van der Waals surface area (Å²) in [6, 6.07) is 20.6. The van der Waals surface area contributed by atoms with Gasteiger partial charge in [0.1, 0.15) is 5.75 Å². The first kappa shape index (κ1) is 16.1. The number of nitrogens with one attached hydrogen (secondary N) is 1. The maximum atomic E-state index is 5.28. The van der Waals surface area contributed by atoms with E-state index in [4.69, 9.17) is 4.74 Å². The molecule has 0 amide bonds. The maximum Gasteiger partial charge on any atom is 0.153 e. The molecule has 6 nitrogen and oxygen atoms in total. The molecular weight excluding hydrogens is 326 g/mol. The minimum absolute atomic E-state index is 0.736. The largest absolute Gasteiger partial charge is 0.497 e. The van der Waals surface area contributed by atoms with Gasteiger partial charge < -0.3 is 10.1 Å². The molecule has 0 fully saturated rings. The summed E-state index contributed by atoms with van der Waals surface area (Å²) in [5.74, 6) is 1.63. The van der Waals surface area contributed by atoms with E-state index in [9.17, 15) is 0 Å². The highest BCUT2D eigenvalue weighted by Gasteiger charge is 2.04. The lowest BCUT2D eigenvalue weighted by Gasteiger charge is -2.10. The Hall–Kier alpha value is -3.41. The topological polar surface area (TPSA) is 64.9 Å². The second-order valence-electron chi connectivity index (χ2n) is 6.09. The number of rotatable bonds is 5. The summed E-state index contributed by atoms with van der Waals surface area (Å²) in [7, 11) is 1.68. The number of aromatic nitrogens is 4. The van der Waals surface area contributed by atoms with Gasteiger partial charge in [0.2, 0.25) is 0 Å². The van der Waals surface area contributed by atoms with Crippen molar-refractivity contribution in [3.05, 3.63) is 72.1 Å². The third-order valence-electron chi connectivity index (χ3n) is 4.32. The van der Waals surface area contributed by atoms with E-state index in [2.05, 4.69) is 45.1 Å². The van der Waals surface area contributed by atoms with Crippen molar-refractivity contribution in [2.24, 2.45) is 0 Å². The summed E-state index contributed by atoms with van der Waals surface area (Å²) in [5, 5.41) is 17.5. The SMILES string of the molecule is COc1ccc2cc(CNc3cccc(-n4nnnc4C)c3)ccc2c1. The Bertz CT molecular complexity index is 1060. The molecule has 0 bridgehead atoms. The lowest BCUT2D eigenvalue weighted by molar-refractivity contribution is 0.415. The molecule has 4 aromatic rings. The molecule has 0 atom stereocenters. The van der Waals surface area contributed by atoms with Gasteiger partial charge in [-0.15, -0.1) is 5.10 Å². The van der Waals surface area contributed by atoms with Crippen molar-refractivity contribution in [2.45, 2.75) is 13.5 Å². The van der Waals surface area contributed by atoms with Gasteiger partial charge in [0.25, 0.3) is 0 Å². The Morgan fingerprint density at radius 2 is 1.85 bits per heavy atom. The fourth-order valence-corrected chi connectivity index (χ4v) is 2.93. The van der Waals surface area contributed by atoms with E-state index in [1.54, 1.807) is 11.8 Å². The highest BCUT2D eigenvalue weighted by atomic mass is 16.5. The van der Waals surface area contributed by atoms with E-state index in [0.29, 0.717) is 0 Å². The molecule has 0 aliphatic heterocycles. The Morgan fingerprint density at radius 3 is 2.65 bits per heavy atom. The number of hydrogen-bond donors (Lipinski definition) is 1. The first-order chi connectivity index (χ1) is 12.7. The molecule has 0 aliphatic carbocycles. The zero-order valence-corrected chi connectivity index (χ0v) is 14.7. The van der Waals surface area contributed by atoms with Crippen molar-refractivity contribution in [3.8, 4) is 11.4 Å². The number of anilines is 1. The molecule has 26 heavy (non-hydrogen) atoms. The fraction of sp³-hybridized carbons (Fsp3) is 0.150. The number of fused-ring (bicyclic) bond motifs is 1. The number of tetrazole rings is 1. The summed E-state index contributed by atoms with van der Waals surface area (Å²) in [6.07, 6.45) is 0. The number of aryl methyl sites for hydroxylation is 1. The van der Waals surface area contributed by atoms with Crippen LogP contribution < -0.4 is 10.1 Å². The van der Waals surface area contributed by atoms with Gasteiger partial charge in [-0.2, -0.15) is 4.68 Å². The predicted octanol–water partition coefficient (Wildman–Crippen LogP) is 3.74. The van der Waals surface area contributed by atoms with Gasteiger partial charge in [-0.05, 0) is 70.1 Å². The summed E-state index contributed by atoms with van der Waals surface area (Å²) in [6.45, 7) is 2.62. The van der Waals surface area contributed by atoms with Gasteiger partial charge in [-0.1, -0.05) is 24.3 Å². The van der Waals surface area contributed by atoms with Gasteiger partial charge >= 0.3 is 0 Å². The predicted molar refractivity (Wildman–Crippen MR) is 102 cm³/mol. The van der Waals surface area contributed by atoms with Crippen LogP contribution in [0, 0.1) is 6.92 Å². The Morgan fingerprint density at radius 1 is 1.00 bits per heavy atom. The van der Waals surface area contributed by atoms with Crippen LogP contribution in [0.2, 0.25) is 0 Å². The molecule has 0 unspecified atom stereocenters. The van der Waals surface area contributed by atoms with Crippen molar-refractivity contribution in [1.82, 2.24) is 20.2 Å². The summed E-state index contributed by atoms with van der Waals surface area (Å²) >= 11 is 0. The van der Waals surface area contributed by atoms with Crippen molar-refractivity contribution in [2.75, 3.05) is 12.4 Å². The van der Waals surface area contributed by atoms with Crippen molar-refractivity contribution in [1.29, 1.82) is 0 Å². The average molecular weight is 345 g/mol. The molecule has 0 saturated heterocycles. The molecule has 3 aromatic carbocycles. The summed E-state index contributed by atoms with van der Waals surface area (Å²) in [4.78, 5) is 0. The van der Waals surface area contributed by atoms with E-state index in [1.807, 2.05) is 43.3 Å². The van der Waals surface area contributed by atoms with Crippen LogP contribution in [-0.2, 0) is 6.54 Å². The van der Waals surface area contributed by atoms with Crippen LogP contribution in [0.1, 0.15) is 11.4 Å². The fourth-order valence-electron chi connectivity index (χ4n) is 2.93. The molecule has 1 aromatic heterocycles. The number of ether oxygens (including phenoxy) is 1. The van der Waals surface area contributed by atoms with Crippen molar-refractivity contribution < 1.29 is 4.74 Å². The average Bonchev–Trinajstić information content (AvgIpc) is 3.12. The quantitative estimate of drug-likeness (QED) is 0.597. The second-order valence-corrected chi connectivity index (χ2v) is 6.09. The first-order valence-corrected chi connectivity index (χ1v) is 8.39. The normalized spacial score (nSPS) is 10.8. The Balaban J connectivity index is 1.52. The third-order valence-corrected chi connectivity index (χ3v) is 4.32. The minimum atomic E-state index is 0.736.